The van der Waals surface area contributed by atoms with Crippen molar-refractivity contribution < 1.29 is 4.79 Å². The van der Waals surface area contributed by atoms with Crippen LogP contribution in [-0.4, -0.2) is 34.3 Å². The number of aromatic nitrogens is 2. The van der Waals surface area contributed by atoms with E-state index in [0.717, 1.165) is 28.8 Å². The normalized spacial score (nSPS) is 15.4. The molecule has 2 N–H and O–H groups in total. The Balaban J connectivity index is 1.96. The molecule has 0 bridgehead atoms. The van der Waals surface area contributed by atoms with Crippen molar-refractivity contribution in [1.82, 2.24) is 15.1 Å². The topological polar surface area (TPSA) is 73.4 Å². The minimum atomic E-state index is -0.230. The molecule has 1 amide bonds. The van der Waals surface area contributed by atoms with Gasteiger partial charge in [0.1, 0.15) is 11.5 Å². The molecule has 0 fully saturated rings. The van der Waals surface area contributed by atoms with E-state index >= 15 is 0 Å². The second-order valence-electron chi connectivity index (χ2n) is 6.70. The van der Waals surface area contributed by atoms with Crippen LogP contribution < -0.4 is 5.32 Å². The van der Waals surface area contributed by atoms with Crippen LogP contribution in [0.1, 0.15) is 24.5 Å². The number of benzene rings is 1. The second-order valence-corrected chi connectivity index (χ2v) is 6.70. The average molecular weight is 375 g/mol. The minimum absolute atomic E-state index is 0.230. The van der Waals surface area contributed by atoms with Crippen LogP contribution in [0, 0.1) is 13.8 Å². The number of H-pyrrole nitrogens is 1. The number of amides is 1. The number of carbonyl (C=O) groups excluding carboxylic acids is 1. The van der Waals surface area contributed by atoms with Gasteiger partial charge < -0.3 is 10.2 Å². The number of aryl methyl sites for hydroxylation is 2. The van der Waals surface area contributed by atoms with E-state index in [4.69, 9.17) is 0 Å². The third kappa shape index (κ3) is 4.11. The summed E-state index contributed by atoms with van der Waals surface area (Å²) in [6.45, 7) is 6.10. The van der Waals surface area contributed by atoms with Gasteiger partial charge in [-0.1, -0.05) is 30.7 Å². The third-order valence-corrected chi connectivity index (χ3v) is 4.47. The maximum atomic E-state index is 13.1. The Morgan fingerprint density at radius 1 is 1.32 bits per heavy atom. The van der Waals surface area contributed by atoms with Crippen LogP contribution >= 0.6 is 0 Å². The number of rotatable bonds is 5. The Hall–Kier alpha value is -3.41. The lowest BCUT2D eigenvalue weighted by Crippen LogP contribution is -2.21. The molecule has 2 aromatic rings. The van der Waals surface area contributed by atoms with Crippen molar-refractivity contribution in [3.8, 4) is 11.3 Å². The molecule has 0 spiro atoms. The van der Waals surface area contributed by atoms with Gasteiger partial charge in [0.2, 0.25) is 0 Å². The Kier molecular flexibility index (Phi) is 5.89. The van der Waals surface area contributed by atoms with Crippen molar-refractivity contribution in [3.63, 3.8) is 0 Å². The fraction of sp³-hybridized carbons (Fsp3) is 0.227. The molecule has 1 aromatic carbocycles. The van der Waals surface area contributed by atoms with E-state index in [9.17, 15) is 4.79 Å². The minimum Gasteiger partial charge on any atom is -0.335 e. The zero-order chi connectivity index (χ0) is 20.1. The Morgan fingerprint density at radius 3 is 2.89 bits per heavy atom. The first-order valence-corrected chi connectivity index (χ1v) is 9.28. The lowest BCUT2D eigenvalue weighted by Gasteiger charge is -2.19. The molecular formula is C22H25N5O. The highest BCUT2D eigenvalue weighted by molar-refractivity contribution is 6.08. The van der Waals surface area contributed by atoms with E-state index in [0.29, 0.717) is 17.1 Å². The third-order valence-electron chi connectivity index (χ3n) is 4.47. The van der Waals surface area contributed by atoms with E-state index in [2.05, 4.69) is 38.7 Å². The number of nitrogens with zero attached hydrogens (tertiary/aromatic N) is 3. The molecule has 0 radical (unpaired) electrons. The summed E-state index contributed by atoms with van der Waals surface area (Å²) in [6, 6.07) is 6.19. The molecule has 3 rings (SSSR count). The molecule has 28 heavy (non-hydrogen) atoms. The van der Waals surface area contributed by atoms with Crippen LogP contribution in [0.15, 0.2) is 65.2 Å². The molecule has 0 atom stereocenters. The number of nitrogens with one attached hydrogen (secondary N) is 2. The number of aromatic amines is 1. The largest absolute Gasteiger partial charge is 0.335 e. The average Bonchev–Trinajstić information content (AvgIpc) is 3.13. The Labute approximate surface area is 165 Å². The van der Waals surface area contributed by atoms with Crippen molar-refractivity contribution in [1.29, 1.82) is 0 Å². The van der Waals surface area contributed by atoms with Crippen LogP contribution in [0.4, 0.5) is 5.69 Å². The first kappa shape index (κ1) is 19.4. The first-order chi connectivity index (χ1) is 13.5. The molecule has 144 valence electrons. The molecule has 1 aliphatic rings. The van der Waals surface area contributed by atoms with Gasteiger partial charge in [-0.15, -0.1) is 0 Å². The Morgan fingerprint density at radius 2 is 2.14 bits per heavy atom. The van der Waals surface area contributed by atoms with E-state index < -0.39 is 0 Å². The van der Waals surface area contributed by atoms with E-state index in [-0.39, 0.29) is 5.91 Å². The summed E-state index contributed by atoms with van der Waals surface area (Å²) in [5, 5.41) is 10.2. The summed E-state index contributed by atoms with van der Waals surface area (Å²) in [7, 11) is 1.87. The molecule has 1 aliphatic heterocycles. The number of anilines is 1. The van der Waals surface area contributed by atoms with E-state index in [1.165, 1.54) is 0 Å². The van der Waals surface area contributed by atoms with Crippen LogP contribution in [0.2, 0.25) is 0 Å². The Bertz CT molecular complexity index is 994. The van der Waals surface area contributed by atoms with Gasteiger partial charge in [-0.2, -0.15) is 5.10 Å². The maximum Gasteiger partial charge on any atom is 0.259 e. The van der Waals surface area contributed by atoms with Crippen LogP contribution in [-0.2, 0) is 4.79 Å². The predicted octanol–water partition coefficient (Wildman–Crippen LogP) is 4.34. The summed E-state index contributed by atoms with van der Waals surface area (Å²) in [5.41, 5.74) is 5.08. The molecule has 0 saturated heterocycles. The summed E-state index contributed by atoms with van der Waals surface area (Å²) in [4.78, 5) is 19.3. The van der Waals surface area contributed by atoms with Crippen molar-refractivity contribution in [3.05, 3.63) is 71.3 Å². The zero-order valence-electron chi connectivity index (χ0n) is 16.7. The number of allylic oxidation sites excluding steroid dienone is 2. The van der Waals surface area contributed by atoms with Gasteiger partial charge in [-0.05, 0) is 44.1 Å². The van der Waals surface area contributed by atoms with Crippen LogP contribution in [0.3, 0.4) is 0 Å². The molecule has 0 aliphatic carbocycles. The molecular weight excluding hydrogens is 350 g/mol. The smallest absolute Gasteiger partial charge is 0.259 e. The fourth-order valence-corrected chi connectivity index (χ4v) is 2.96. The van der Waals surface area contributed by atoms with E-state index in [1.807, 2.05) is 57.1 Å². The summed E-state index contributed by atoms with van der Waals surface area (Å²) >= 11 is 0. The van der Waals surface area contributed by atoms with Crippen LogP contribution in [0.5, 0.6) is 0 Å². The number of aliphatic imine (C=N–C) groups is 1. The van der Waals surface area contributed by atoms with Gasteiger partial charge in [0.25, 0.3) is 5.91 Å². The van der Waals surface area contributed by atoms with Gasteiger partial charge in [-0.3, -0.25) is 9.89 Å². The fourth-order valence-electron chi connectivity index (χ4n) is 2.96. The lowest BCUT2D eigenvalue weighted by atomic mass is 10.0. The van der Waals surface area contributed by atoms with E-state index in [1.54, 1.807) is 12.4 Å². The SMILES string of the molecule is CC/C=C/C(C(=O)Nc1c[nH]nc1-c1cc(C)ccc1C)=C1/N=CC=CN1C. The standard InChI is InChI=1S/C22H25N5O/c1-5-6-8-17(21-23-11-7-12-27(21)4)22(28)25-19-14-24-26-20(19)18-13-15(2)9-10-16(18)3/h6-14H,5H2,1-4H3,(H,24,26)(H,25,28)/b8-6+,21-17+. The first-order valence-electron chi connectivity index (χ1n) is 9.28. The number of hydrogen-bond acceptors (Lipinski definition) is 4. The lowest BCUT2D eigenvalue weighted by molar-refractivity contribution is -0.112. The highest BCUT2D eigenvalue weighted by atomic mass is 16.1. The molecule has 2 heterocycles. The molecule has 6 nitrogen and oxygen atoms in total. The summed E-state index contributed by atoms with van der Waals surface area (Å²) in [5.74, 6) is 0.369. The van der Waals surface area contributed by atoms with Gasteiger partial charge in [0.05, 0.1) is 11.3 Å². The molecule has 6 heteroatoms. The number of hydrogen-bond donors (Lipinski definition) is 2. The van der Waals surface area contributed by atoms with Gasteiger partial charge in [-0.25, -0.2) is 4.99 Å². The van der Waals surface area contributed by atoms with Crippen molar-refractivity contribution in [2.75, 3.05) is 12.4 Å². The van der Waals surface area contributed by atoms with Gasteiger partial charge in [0, 0.05) is 31.2 Å². The van der Waals surface area contributed by atoms with Crippen molar-refractivity contribution in [2.24, 2.45) is 4.99 Å². The highest BCUT2D eigenvalue weighted by Crippen LogP contribution is 2.29. The molecule has 1 aromatic heterocycles. The second kappa shape index (κ2) is 8.52. The van der Waals surface area contributed by atoms with Gasteiger partial charge >= 0.3 is 0 Å². The monoisotopic (exact) mass is 375 g/mol. The predicted molar refractivity (Wildman–Crippen MR) is 114 cm³/mol. The molecule has 0 unspecified atom stereocenters. The summed E-state index contributed by atoms with van der Waals surface area (Å²) in [6.07, 6.45) is 11.7. The summed E-state index contributed by atoms with van der Waals surface area (Å²) < 4.78 is 0. The van der Waals surface area contributed by atoms with Gasteiger partial charge in [0.15, 0.2) is 0 Å². The highest BCUT2D eigenvalue weighted by Gasteiger charge is 2.19. The maximum absolute atomic E-state index is 13.1. The quantitative estimate of drug-likeness (QED) is 0.764. The number of carbonyl (C=O) groups is 1. The van der Waals surface area contributed by atoms with Crippen molar-refractivity contribution >= 4 is 17.8 Å². The van der Waals surface area contributed by atoms with Crippen LogP contribution in [0.25, 0.3) is 11.3 Å². The zero-order valence-corrected chi connectivity index (χ0v) is 16.7. The molecule has 0 saturated carbocycles. The van der Waals surface area contributed by atoms with Crippen molar-refractivity contribution in [2.45, 2.75) is 27.2 Å².